The predicted molar refractivity (Wildman–Crippen MR) is 140 cm³/mol. The second kappa shape index (κ2) is 12.0. The molecule has 0 amide bonds. The van der Waals surface area contributed by atoms with Gasteiger partial charge in [0.2, 0.25) is 0 Å². The molecule has 2 unspecified atom stereocenters. The highest BCUT2D eigenvalue weighted by Crippen LogP contribution is 2.34. The van der Waals surface area contributed by atoms with Gasteiger partial charge in [-0.05, 0) is 24.5 Å². The number of benzene rings is 2. The number of halogens is 1. The summed E-state index contributed by atoms with van der Waals surface area (Å²) >= 11 is 0. The smallest absolute Gasteiger partial charge is 0.194 e. The first-order valence-electron chi connectivity index (χ1n) is 11.0. The van der Waals surface area contributed by atoms with Gasteiger partial charge in [-0.1, -0.05) is 60.7 Å². The van der Waals surface area contributed by atoms with E-state index < -0.39 is 0 Å². The van der Waals surface area contributed by atoms with Crippen LogP contribution in [0.2, 0.25) is 0 Å². The maximum atomic E-state index is 6.03. The van der Waals surface area contributed by atoms with Crippen LogP contribution in [-0.4, -0.2) is 47.6 Å². The molecule has 0 spiro atoms. The van der Waals surface area contributed by atoms with E-state index in [0.29, 0.717) is 12.5 Å². The van der Waals surface area contributed by atoms with Crippen LogP contribution in [0.15, 0.2) is 71.9 Å². The number of aromatic amines is 1. The van der Waals surface area contributed by atoms with Crippen molar-refractivity contribution in [2.45, 2.75) is 26.0 Å². The lowest BCUT2D eigenvalue weighted by molar-refractivity contribution is 0.0925. The van der Waals surface area contributed by atoms with Crippen molar-refractivity contribution in [1.29, 1.82) is 0 Å². The van der Waals surface area contributed by atoms with Crippen molar-refractivity contribution in [3.63, 3.8) is 0 Å². The largest absolute Gasteiger partial charge is 0.373 e. The molecule has 4 rings (SSSR count). The summed E-state index contributed by atoms with van der Waals surface area (Å²) in [5.41, 5.74) is 3.40. The molecule has 1 fully saturated rings. The normalized spacial score (nSPS) is 18.2. The third kappa shape index (κ3) is 6.10. The molecule has 1 aromatic heterocycles. The molecule has 2 N–H and O–H groups in total. The number of guanidine groups is 1. The Morgan fingerprint density at radius 3 is 2.59 bits per heavy atom. The fourth-order valence-corrected chi connectivity index (χ4v) is 4.01. The molecule has 2 heterocycles. The molecule has 2 atom stereocenters. The Bertz CT molecular complexity index is 976. The quantitative estimate of drug-likeness (QED) is 0.253. The van der Waals surface area contributed by atoms with Gasteiger partial charge >= 0.3 is 0 Å². The maximum Gasteiger partial charge on any atom is 0.194 e. The molecule has 170 valence electrons. The van der Waals surface area contributed by atoms with Crippen molar-refractivity contribution < 1.29 is 4.74 Å². The highest BCUT2D eigenvalue weighted by Gasteiger charge is 2.29. The van der Waals surface area contributed by atoms with E-state index in [2.05, 4.69) is 63.5 Å². The van der Waals surface area contributed by atoms with Crippen LogP contribution >= 0.6 is 24.0 Å². The number of aromatic nitrogens is 2. The van der Waals surface area contributed by atoms with Gasteiger partial charge in [0.1, 0.15) is 5.82 Å². The number of rotatable bonds is 7. The summed E-state index contributed by atoms with van der Waals surface area (Å²) in [7, 11) is 2.05. The highest BCUT2D eigenvalue weighted by molar-refractivity contribution is 14.0. The zero-order valence-corrected chi connectivity index (χ0v) is 21.0. The monoisotopic (exact) mass is 545 g/mol. The van der Waals surface area contributed by atoms with Crippen LogP contribution in [-0.2, 0) is 11.3 Å². The molecule has 32 heavy (non-hydrogen) atoms. The Hall–Kier alpha value is -2.39. The van der Waals surface area contributed by atoms with Gasteiger partial charge in [-0.2, -0.15) is 0 Å². The number of aliphatic imine (C=N–C) groups is 1. The minimum atomic E-state index is 0. The van der Waals surface area contributed by atoms with Crippen LogP contribution < -0.4 is 5.32 Å². The van der Waals surface area contributed by atoms with Crippen LogP contribution in [0.4, 0.5) is 0 Å². The molecule has 0 aliphatic carbocycles. The average molecular weight is 545 g/mol. The first-order chi connectivity index (χ1) is 15.2. The van der Waals surface area contributed by atoms with E-state index in [1.54, 1.807) is 0 Å². The van der Waals surface area contributed by atoms with E-state index in [1.807, 2.05) is 37.5 Å². The Balaban J connectivity index is 0.00000289. The van der Waals surface area contributed by atoms with Gasteiger partial charge in [-0.25, -0.2) is 4.98 Å². The van der Waals surface area contributed by atoms with Gasteiger partial charge in [-0.3, -0.25) is 4.99 Å². The second-order valence-corrected chi connectivity index (χ2v) is 7.91. The molecule has 7 heteroatoms. The molecular formula is C25H32IN5O. The third-order valence-electron chi connectivity index (χ3n) is 5.61. The number of nitrogens with one attached hydrogen (secondary N) is 2. The molecule has 6 nitrogen and oxygen atoms in total. The zero-order chi connectivity index (χ0) is 21.5. The lowest BCUT2D eigenvalue weighted by atomic mass is 9.95. The number of ether oxygens (including phenoxy) is 1. The van der Waals surface area contributed by atoms with Gasteiger partial charge in [0, 0.05) is 32.7 Å². The molecule has 1 saturated heterocycles. The number of nitrogens with zero attached hydrogens (tertiary/aromatic N) is 3. The topological polar surface area (TPSA) is 65.5 Å². The number of imidazole rings is 1. The average Bonchev–Trinajstić information content (AvgIpc) is 3.47. The Morgan fingerprint density at radius 1 is 1.16 bits per heavy atom. The molecule has 1 aliphatic heterocycles. The van der Waals surface area contributed by atoms with Crippen LogP contribution in [0.3, 0.4) is 0 Å². The minimum Gasteiger partial charge on any atom is -0.373 e. The Morgan fingerprint density at radius 2 is 1.88 bits per heavy atom. The molecule has 3 aromatic rings. The fourth-order valence-electron chi connectivity index (χ4n) is 4.01. The second-order valence-electron chi connectivity index (χ2n) is 7.91. The Kier molecular flexibility index (Phi) is 9.11. The van der Waals surface area contributed by atoms with Gasteiger partial charge in [0.15, 0.2) is 5.96 Å². The van der Waals surface area contributed by atoms with Crippen LogP contribution in [0.1, 0.15) is 30.8 Å². The van der Waals surface area contributed by atoms with Crippen molar-refractivity contribution >= 4 is 29.9 Å². The fraction of sp³-hybridized carbons (Fsp3) is 0.360. The van der Waals surface area contributed by atoms with Gasteiger partial charge in [-0.15, -0.1) is 24.0 Å². The summed E-state index contributed by atoms with van der Waals surface area (Å²) in [6.07, 6.45) is 3.05. The molecule has 1 aliphatic rings. The summed E-state index contributed by atoms with van der Waals surface area (Å²) in [5.74, 6) is 2.19. The molecule has 0 saturated carbocycles. The molecular weight excluding hydrogens is 513 g/mol. The predicted octanol–water partition coefficient (Wildman–Crippen LogP) is 4.87. The molecule has 0 radical (unpaired) electrons. The lowest BCUT2D eigenvalue weighted by Gasteiger charge is -2.23. The van der Waals surface area contributed by atoms with E-state index >= 15 is 0 Å². The van der Waals surface area contributed by atoms with Crippen molar-refractivity contribution in [3.8, 4) is 11.3 Å². The minimum absolute atomic E-state index is 0. The first-order valence-corrected chi connectivity index (χ1v) is 11.0. The van der Waals surface area contributed by atoms with Crippen molar-refractivity contribution in [2.75, 3.05) is 26.7 Å². The van der Waals surface area contributed by atoms with E-state index in [9.17, 15) is 0 Å². The SMILES string of the molecule is CCNC(=NCC1CCOC1c1ccccc1)N(C)Cc1ncc(-c2ccccc2)[nH]1.I. The van der Waals surface area contributed by atoms with Crippen molar-refractivity contribution in [1.82, 2.24) is 20.2 Å². The first kappa shape index (κ1) is 24.3. The summed E-state index contributed by atoms with van der Waals surface area (Å²) in [6, 6.07) is 20.7. The Labute approximate surface area is 207 Å². The van der Waals surface area contributed by atoms with Gasteiger partial charge < -0.3 is 19.9 Å². The van der Waals surface area contributed by atoms with Crippen LogP contribution in [0.5, 0.6) is 0 Å². The van der Waals surface area contributed by atoms with Gasteiger partial charge in [0.25, 0.3) is 0 Å². The van der Waals surface area contributed by atoms with E-state index in [1.165, 1.54) is 5.56 Å². The summed E-state index contributed by atoms with van der Waals surface area (Å²) in [6.45, 7) is 5.09. The number of H-pyrrole nitrogens is 1. The number of hydrogen-bond donors (Lipinski definition) is 2. The summed E-state index contributed by atoms with van der Waals surface area (Å²) in [4.78, 5) is 15.0. The summed E-state index contributed by atoms with van der Waals surface area (Å²) in [5, 5.41) is 3.41. The summed E-state index contributed by atoms with van der Waals surface area (Å²) < 4.78 is 6.03. The highest BCUT2D eigenvalue weighted by atomic mass is 127. The zero-order valence-electron chi connectivity index (χ0n) is 18.7. The molecule has 0 bridgehead atoms. The molecule has 2 aromatic carbocycles. The third-order valence-corrected chi connectivity index (χ3v) is 5.61. The van der Waals surface area contributed by atoms with E-state index in [4.69, 9.17) is 9.73 Å². The van der Waals surface area contributed by atoms with Crippen LogP contribution in [0.25, 0.3) is 11.3 Å². The lowest BCUT2D eigenvalue weighted by Crippen LogP contribution is -2.39. The van der Waals surface area contributed by atoms with Crippen LogP contribution in [0, 0.1) is 5.92 Å². The van der Waals surface area contributed by atoms with E-state index in [0.717, 1.165) is 49.2 Å². The maximum absolute atomic E-state index is 6.03. The van der Waals surface area contributed by atoms with Crippen molar-refractivity contribution in [3.05, 3.63) is 78.2 Å². The van der Waals surface area contributed by atoms with Crippen molar-refractivity contribution in [2.24, 2.45) is 10.9 Å². The van der Waals surface area contributed by atoms with Gasteiger partial charge in [0.05, 0.1) is 24.5 Å². The standard InChI is InChI=1S/C25H31N5O.HI/c1-3-26-25(28-16-21-14-15-31-24(21)20-12-8-5-9-13-20)30(2)18-23-27-17-22(29-23)19-10-6-4-7-11-19;/h4-13,17,21,24H,3,14-16,18H2,1-2H3,(H,26,28)(H,27,29);1H. The number of hydrogen-bond acceptors (Lipinski definition) is 3. The van der Waals surface area contributed by atoms with E-state index in [-0.39, 0.29) is 30.1 Å².